The fourth-order valence-corrected chi connectivity index (χ4v) is 5.08. The molecule has 2 fully saturated rings. The van der Waals surface area contributed by atoms with Crippen LogP contribution >= 0.6 is 11.8 Å². The summed E-state index contributed by atoms with van der Waals surface area (Å²) in [5, 5.41) is 12.5. The smallest absolute Gasteiger partial charge is 0.230 e. The molecule has 2 heterocycles. The van der Waals surface area contributed by atoms with Gasteiger partial charge in [0.25, 0.3) is 0 Å². The van der Waals surface area contributed by atoms with Gasteiger partial charge in [-0.2, -0.15) is 0 Å². The van der Waals surface area contributed by atoms with Crippen LogP contribution in [-0.4, -0.2) is 70.2 Å². The number of aromatic nitrogens is 3. The van der Waals surface area contributed by atoms with Crippen LogP contribution in [0.4, 0.5) is 0 Å². The summed E-state index contributed by atoms with van der Waals surface area (Å²) in [6.07, 6.45) is 6.30. The SMILES string of the molecule is Cc1nnc(SCC(=O)NCC2CN(CC(C)C)CCO2)n1C1CCCCC1. The first-order chi connectivity index (χ1) is 13.5. The molecule has 1 atom stereocenters. The summed E-state index contributed by atoms with van der Waals surface area (Å²) >= 11 is 1.49. The quantitative estimate of drug-likeness (QED) is 0.666. The van der Waals surface area contributed by atoms with Gasteiger partial charge >= 0.3 is 0 Å². The Hall–Kier alpha value is -1.12. The van der Waals surface area contributed by atoms with E-state index in [0.717, 1.165) is 37.2 Å². The molecule has 158 valence electrons. The topological polar surface area (TPSA) is 72.3 Å². The maximum absolute atomic E-state index is 12.4. The molecule has 0 radical (unpaired) electrons. The summed E-state index contributed by atoms with van der Waals surface area (Å²) in [7, 11) is 0. The maximum Gasteiger partial charge on any atom is 0.230 e. The second-order valence-corrected chi connectivity index (χ2v) is 9.37. The summed E-state index contributed by atoms with van der Waals surface area (Å²) in [4.78, 5) is 14.8. The number of ether oxygens (including phenoxy) is 1. The number of thioether (sulfide) groups is 1. The van der Waals surface area contributed by atoms with Crippen LogP contribution in [0, 0.1) is 12.8 Å². The van der Waals surface area contributed by atoms with Crippen molar-refractivity contribution in [3.63, 3.8) is 0 Å². The van der Waals surface area contributed by atoms with E-state index < -0.39 is 0 Å². The molecule has 1 saturated carbocycles. The van der Waals surface area contributed by atoms with E-state index in [1.807, 2.05) is 6.92 Å². The highest BCUT2D eigenvalue weighted by molar-refractivity contribution is 7.99. The second-order valence-electron chi connectivity index (χ2n) is 8.43. The van der Waals surface area contributed by atoms with Gasteiger partial charge in [0.1, 0.15) is 5.82 Å². The summed E-state index contributed by atoms with van der Waals surface area (Å²) in [5.41, 5.74) is 0. The third-order valence-electron chi connectivity index (χ3n) is 5.48. The molecular weight excluding hydrogens is 374 g/mol. The Kier molecular flexibility index (Phi) is 8.17. The summed E-state index contributed by atoms with van der Waals surface area (Å²) < 4.78 is 8.06. The molecule has 7 nitrogen and oxygen atoms in total. The van der Waals surface area contributed by atoms with E-state index in [9.17, 15) is 4.79 Å². The number of rotatable bonds is 8. The predicted octanol–water partition coefficient (Wildman–Crippen LogP) is 2.66. The summed E-state index contributed by atoms with van der Waals surface area (Å²) in [5.74, 6) is 2.00. The van der Waals surface area contributed by atoms with Gasteiger partial charge in [-0.1, -0.05) is 44.9 Å². The Morgan fingerprint density at radius 1 is 1.29 bits per heavy atom. The van der Waals surface area contributed by atoms with Gasteiger partial charge in [0.2, 0.25) is 5.91 Å². The predicted molar refractivity (Wildman–Crippen MR) is 112 cm³/mol. The Labute approximate surface area is 173 Å². The van der Waals surface area contributed by atoms with Gasteiger partial charge in [-0.25, -0.2) is 0 Å². The van der Waals surface area contributed by atoms with Crippen molar-refractivity contribution in [2.45, 2.75) is 70.2 Å². The minimum atomic E-state index is 0.0328. The lowest BCUT2D eigenvalue weighted by molar-refractivity contribution is -0.119. The van der Waals surface area contributed by atoms with E-state index in [0.29, 0.717) is 24.3 Å². The Bertz CT molecular complexity index is 630. The number of amides is 1. The lowest BCUT2D eigenvalue weighted by Gasteiger charge is -2.33. The van der Waals surface area contributed by atoms with Crippen LogP contribution in [0.25, 0.3) is 0 Å². The average molecular weight is 410 g/mol. The molecule has 0 bridgehead atoms. The number of carbonyl (C=O) groups excluding carboxylic acids is 1. The van der Waals surface area contributed by atoms with Gasteiger partial charge in [0.05, 0.1) is 18.5 Å². The fraction of sp³-hybridized carbons (Fsp3) is 0.850. The standard InChI is InChI=1S/C20H35N5O2S/c1-15(2)12-24-9-10-27-18(13-24)11-21-19(26)14-28-20-23-22-16(3)25(20)17-7-5-4-6-8-17/h15,17-18H,4-14H2,1-3H3,(H,21,26). The van der Waals surface area contributed by atoms with E-state index in [1.165, 1.54) is 43.9 Å². The molecule has 1 aromatic rings. The highest BCUT2D eigenvalue weighted by Crippen LogP contribution is 2.32. The van der Waals surface area contributed by atoms with Gasteiger partial charge in [-0.05, 0) is 25.7 Å². The third kappa shape index (κ3) is 6.19. The van der Waals surface area contributed by atoms with Crippen LogP contribution < -0.4 is 5.32 Å². The number of nitrogens with one attached hydrogen (secondary N) is 1. The normalized spacial score (nSPS) is 21.9. The van der Waals surface area contributed by atoms with Gasteiger partial charge < -0.3 is 14.6 Å². The molecule has 1 N–H and O–H groups in total. The number of aryl methyl sites for hydroxylation is 1. The second kappa shape index (κ2) is 10.6. The third-order valence-corrected chi connectivity index (χ3v) is 6.42. The highest BCUT2D eigenvalue weighted by Gasteiger charge is 2.23. The zero-order chi connectivity index (χ0) is 19.9. The number of nitrogens with zero attached hydrogens (tertiary/aromatic N) is 4. The van der Waals surface area contributed by atoms with E-state index in [2.05, 4.69) is 38.8 Å². The van der Waals surface area contributed by atoms with Crippen LogP contribution in [0.1, 0.15) is 57.8 Å². The van der Waals surface area contributed by atoms with Gasteiger partial charge in [0, 0.05) is 32.2 Å². The summed E-state index contributed by atoms with van der Waals surface area (Å²) in [6.45, 7) is 10.7. The molecule has 1 saturated heterocycles. The number of hydrogen-bond acceptors (Lipinski definition) is 6. The van der Waals surface area contributed by atoms with Crippen molar-refractivity contribution in [2.24, 2.45) is 5.92 Å². The molecule has 8 heteroatoms. The first kappa shape index (κ1) is 21.6. The molecule has 0 aromatic carbocycles. The molecule has 1 aliphatic heterocycles. The molecule has 1 aromatic heterocycles. The highest BCUT2D eigenvalue weighted by atomic mass is 32.2. The van der Waals surface area contributed by atoms with Crippen molar-refractivity contribution >= 4 is 17.7 Å². The van der Waals surface area contributed by atoms with E-state index in [-0.39, 0.29) is 12.0 Å². The van der Waals surface area contributed by atoms with Crippen LogP contribution in [0.15, 0.2) is 5.16 Å². The minimum Gasteiger partial charge on any atom is -0.374 e. The number of hydrogen-bond donors (Lipinski definition) is 1. The van der Waals surface area contributed by atoms with Crippen molar-refractivity contribution < 1.29 is 9.53 Å². The van der Waals surface area contributed by atoms with Crippen molar-refractivity contribution in [3.05, 3.63) is 5.82 Å². The molecule has 28 heavy (non-hydrogen) atoms. The van der Waals surface area contributed by atoms with Gasteiger partial charge in [-0.15, -0.1) is 10.2 Å². The molecular formula is C20H35N5O2S. The van der Waals surface area contributed by atoms with E-state index >= 15 is 0 Å². The lowest BCUT2D eigenvalue weighted by atomic mass is 9.95. The van der Waals surface area contributed by atoms with Crippen molar-refractivity contribution in [2.75, 3.05) is 38.5 Å². The van der Waals surface area contributed by atoms with Crippen molar-refractivity contribution in [3.8, 4) is 0 Å². The monoisotopic (exact) mass is 409 g/mol. The zero-order valence-corrected chi connectivity index (χ0v) is 18.3. The van der Waals surface area contributed by atoms with Crippen LogP contribution in [-0.2, 0) is 9.53 Å². The maximum atomic E-state index is 12.4. The molecule has 1 aliphatic carbocycles. The molecule has 3 rings (SSSR count). The first-order valence-electron chi connectivity index (χ1n) is 10.7. The van der Waals surface area contributed by atoms with Crippen LogP contribution in [0.3, 0.4) is 0 Å². The zero-order valence-electron chi connectivity index (χ0n) is 17.5. The lowest BCUT2D eigenvalue weighted by Crippen LogP contribution is -2.48. The van der Waals surface area contributed by atoms with Crippen molar-refractivity contribution in [1.29, 1.82) is 0 Å². The molecule has 2 aliphatic rings. The largest absolute Gasteiger partial charge is 0.374 e. The average Bonchev–Trinajstić information content (AvgIpc) is 3.05. The van der Waals surface area contributed by atoms with Gasteiger partial charge in [-0.3, -0.25) is 9.69 Å². The van der Waals surface area contributed by atoms with E-state index in [1.54, 1.807) is 0 Å². The minimum absolute atomic E-state index is 0.0328. The molecule has 1 unspecified atom stereocenters. The van der Waals surface area contributed by atoms with Crippen molar-refractivity contribution in [1.82, 2.24) is 25.0 Å². The first-order valence-corrected chi connectivity index (χ1v) is 11.7. The van der Waals surface area contributed by atoms with Crippen LogP contribution in [0.5, 0.6) is 0 Å². The summed E-state index contributed by atoms with van der Waals surface area (Å²) in [6, 6.07) is 0.483. The van der Waals surface area contributed by atoms with E-state index in [4.69, 9.17) is 4.74 Å². The Balaban J connectivity index is 1.43. The number of morpholine rings is 1. The molecule has 1 amide bonds. The fourth-order valence-electron chi connectivity index (χ4n) is 4.20. The number of carbonyl (C=O) groups is 1. The Morgan fingerprint density at radius 3 is 2.82 bits per heavy atom. The Morgan fingerprint density at radius 2 is 2.07 bits per heavy atom. The van der Waals surface area contributed by atoms with Crippen LogP contribution in [0.2, 0.25) is 0 Å². The molecule has 0 spiro atoms. The van der Waals surface area contributed by atoms with Gasteiger partial charge in [0.15, 0.2) is 5.16 Å².